The van der Waals surface area contributed by atoms with E-state index in [1.165, 1.54) is 19.1 Å². The van der Waals surface area contributed by atoms with Crippen LogP contribution in [0.3, 0.4) is 0 Å². The summed E-state index contributed by atoms with van der Waals surface area (Å²) in [6.07, 6.45) is -1.08. The maximum atomic E-state index is 13.1. The Labute approximate surface area is 193 Å². The number of hydrogen-bond donors (Lipinski definition) is 1. The number of carbonyl (C=O) groups is 2. The number of halogens is 3. The summed E-state index contributed by atoms with van der Waals surface area (Å²) in [4.78, 5) is 25.8. The zero-order chi connectivity index (χ0) is 22.1. The van der Waals surface area contributed by atoms with Crippen molar-refractivity contribution in [3.63, 3.8) is 0 Å². The summed E-state index contributed by atoms with van der Waals surface area (Å²) in [5.74, 6) is -0.691. The minimum absolute atomic E-state index is 0.216. The van der Waals surface area contributed by atoms with Gasteiger partial charge < -0.3 is 14.8 Å². The van der Waals surface area contributed by atoms with E-state index in [1.807, 2.05) is 24.3 Å². The molecular weight excluding hydrogens is 461 g/mol. The average Bonchev–Trinajstić information content (AvgIpc) is 2.75. The van der Waals surface area contributed by atoms with E-state index in [2.05, 4.69) is 5.32 Å². The lowest BCUT2D eigenvalue weighted by atomic mass is 9.88. The van der Waals surface area contributed by atoms with E-state index in [4.69, 9.17) is 44.3 Å². The quantitative estimate of drug-likeness (QED) is 0.347. The smallest absolute Gasteiger partial charge is 0.318 e. The van der Waals surface area contributed by atoms with Crippen LogP contribution in [0.25, 0.3) is 0 Å². The Morgan fingerprint density at radius 2 is 1.45 bits per heavy atom. The zero-order valence-corrected chi connectivity index (χ0v) is 18.5. The van der Waals surface area contributed by atoms with Crippen LogP contribution in [0.15, 0.2) is 60.7 Å². The normalized spacial score (nSPS) is 13.4. The maximum absolute atomic E-state index is 13.1. The van der Waals surface area contributed by atoms with Gasteiger partial charge in [-0.2, -0.15) is 0 Å². The highest BCUT2D eigenvalue weighted by molar-refractivity contribution is 6.44. The van der Waals surface area contributed by atoms with Gasteiger partial charge in [-0.1, -0.05) is 71.2 Å². The molecule has 0 fully saturated rings. The number of hydrogen-bond acceptors (Lipinski definition) is 4. The van der Waals surface area contributed by atoms with Gasteiger partial charge in [0.15, 0.2) is 6.10 Å². The predicted molar refractivity (Wildman–Crippen MR) is 120 cm³/mol. The molecule has 0 saturated heterocycles. The van der Waals surface area contributed by atoms with Crippen LogP contribution >= 0.6 is 34.8 Å². The van der Waals surface area contributed by atoms with Crippen molar-refractivity contribution in [3.05, 3.63) is 86.9 Å². The van der Waals surface area contributed by atoms with E-state index >= 15 is 0 Å². The Kier molecular flexibility index (Phi) is 6.10. The van der Waals surface area contributed by atoms with Crippen LogP contribution in [0.2, 0.25) is 15.1 Å². The lowest BCUT2D eigenvalue weighted by Gasteiger charge is -2.27. The second-order valence-electron chi connectivity index (χ2n) is 6.93. The molecule has 31 heavy (non-hydrogen) atoms. The molecule has 1 heterocycles. The van der Waals surface area contributed by atoms with Crippen molar-refractivity contribution in [3.8, 4) is 11.5 Å². The van der Waals surface area contributed by atoms with Crippen LogP contribution in [0.1, 0.15) is 24.0 Å². The maximum Gasteiger partial charge on any atom is 0.318 e. The second-order valence-corrected chi connectivity index (χ2v) is 8.15. The number of carbonyl (C=O) groups excluding carboxylic acids is 2. The number of benzene rings is 3. The van der Waals surface area contributed by atoms with Gasteiger partial charge in [0.1, 0.15) is 17.4 Å². The minimum atomic E-state index is -1.08. The predicted octanol–water partition coefficient (Wildman–Crippen LogP) is 6.45. The summed E-state index contributed by atoms with van der Waals surface area (Å²) in [5, 5.41) is 3.33. The first-order valence-corrected chi connectivity index (χ1v) is 10.5. The number of ether oxygens (including phenoxy) is 2. The third-order valence-electron chi connectivity index (χ3n) is 4.85. The molecule has 1 amide bonds. The highest BCUT2D eigenvalue weighted by Gasteiger charge is 2.35. The van der Waals surface area contributed by atoms with Crippen molar-refractivity contribution in [2.45, 2.75) is 18.9 Å². The monoisotopic (exact) mass is 475 g/mol. The molecule has 3 aromatic carbocycles. The van der Waals surface area contributed by atoms with Crippen LogP contribution < -0.4 is 10.1 Å². The average molecular weight is 477 g/mol. The van der Waals surface area contributed by atoms with Gasteiger partial charge in [0.25, 0.3) is 5.91 Å². The fourth-order valence-corrected chi connectivity index (χ4v) is 3.91. The van der Waals surface area contributed by atoms with Crippen LogP contribution in [-0.2, 0) is 14.3 Å². The number of rotatable bonds is 4. The van der Waals surface area contributed by atoms with E-state index < -0.39 is 23.9 Å². The summed E-state index contributed by atoms with van der Waals surface area (Å²) in [7, 11) is 0. The van der Waals surface area contributed by atoms with Crippen molar-refractivity contribution < 1.29 is 19.1 Å². The molecule has 0 radical (unpaired) electrons. The molecule has 0 aliphatic carbocycles. The van der Waals surface area contributed by atoms with Crippen LogP contribution in [0.5, 0.6) is 11.5 Å². The second kappa shape index (κ2) is 8.79. The SMILES string of the molecule is CC(OC(=O)C1c2ccccc2Oc2ccccc21)C(=O)Nc1cc(Cl)c(Cl)cc1Cl. The first-order valence-electron chi connectivity index (χ1n) is 9.36. The van der Waals surface area contributed by atoms with E-state index in [-0.39, 0.29) is 20.8 Å². The highest BCUT2D eigenvalue weighted by Crippen LogP contribution is 2.44. The Bertz CT molecular complexity index is 1140. The molecule has 0 spiro atoms. The molecule has 3 aromatic rings. The molecule has 8 heteroatoms. The van der Waals surface area contributed by atoms with Gasteiger partial charge >= 0.3 is 5.97 Å². The first-order chi connectivity index (χ1) is 14.8. The standard InChI is InChI=1S/C23H16Cl3NO4/c1-12(22(28)27-18-11-16(25)15(24)10-17(18)26)30-23(29)21-13-6-2-4-8-19(13)31-20-9-5-3-7-14(20)21/h2-12,21H,1H3,(H,27,28). The molecular formula is C23H16Cl3NO4. The first kappa shape index (κ1) is 21.5. The molecule has 0 bridgehead atoms. The van der Waals surface area contributed by atoms with Gasteiger partial charge in [-0.25, -0.2) is 0 Å². The Balaban J connectivity index is 1.55. The van der Waals surface area contributed by atoms with Gasteiger partial charge in [-0.3, -0.25) is 9.59 Å². The van der Waals surface area contributed by atoms with Crippen molar-refractivity contribution in [2.75, 3.05) is 5.32 Å². The summed E-state index contributed by atoms with van der Waals surface area (Å²) in [6, 6.07) is 17.3. The molecule has 0 saturated carbocycles. The number of amides is 1. The van der Waals surface area contributed by atoms with Gasteiger partial charge in [0, 0.05) is 11.1 Å². The molecule has 1 aliphatic heterocycles. The van der Waals surface area contributed by atoms with E-state index in [9.17, 15) is 9.59 Å². The Morgan fingerprint density at radius 3 is 2.06 bits per heavy atom. The van der Waals surface area contributed by atoms with Crippen molar-refractivity contribution in [1.82, 2.24) is 0 Å². The van der Waals surface area contributed by atoms with Gasteiger partial charge in [-0.05, 0) is 31.2 Å². The van der Waals surface area contributed by atoms with Crippen LogP contribution in [0.4, 0.5) is 5.69 Å². The summed E-state index contributed by atoms with van der Waals surface area (Å²) >= 11 is 18.0. The summed E-state index contributed by atoms with van der Waals surface area (Å²) < 4.78 is 11.4. The van der Waals surface area contributed by atoms with Crippen molar-refractivity contribution >= 4 is 52.4 Å². The number of para-hydroxylation sites is 2. The topological polar surface area (TPSA) is 64.6 Å². The third-order valence-corrected chi connectivity index (χ3v) is 5.88. The molecule has 1 unspecified atom stereocenters. The third kappa shape index (κ3) is 4.35. The molecule has 4 rings (SSSR count). The number of esters is 1. The molecule has 158 valence electrons. The fourth-order valence-electron chi connectivity index (χ4n) is 3.31. The fraction of sp³-hybridized carbons (Fsp3) is 0.130. The number of anilines is 1. The molecule has 1 aliphatic rings. The zero-order valence-electron chi connectivity index (χ0n) is 16.2. The largest absolute Gasteiger partial charge is 0.457 e. The molecule has 5 nitrogen and oxygen atoms in total. The van der Waals surface area contributed by atoms with E-state index in [0.717, 1.165) is 0 Å². The Morgan fingerprint density at radius 1 is 0.903 bits per heavy atom. The van der Waals surface area contributed by atoms with Gasteiger partial charge in [0.05, 0.1) is 20.8 Å². The van der Waals surface area contributed by atoms with E-state index in [1.54, 1.807) is 24.3 Å². The lowest BCUT2D eigenvalue weighted by Crippen LogP contribution is -2.32. The van der Waals surface area contributed by atoms with Gasteiger partial charge in [-0.15, -0.1) is 0 Å². The molecule has 1 atom stereocenters. The van der Waals surface area contributed by atoms with Crippen LogP contribution in [0, 0.1) is 0 Å². The van der Waals surface area contributed by atoms with Gasteiger partial charge in [0.2, 0.25) is 0 Å². The van der Waals surface area contributed by atoms with Crippen molar-refractivity contribution in [1.29, 1.82) is 0 Å². The van der Waals surface area contributed by atoms with Crippen molar-refractivity contribution in [2.24, 2.45) is 0 Å². The number of fused-ring (bicyclic) bond motifs is 2. The number of nitrogens with one attached hydrogen (secondary N) is 1. The lowest BCUT2D eigenvalue weighted by molar-refractivity contribution is -0.153. The highest BCUT2D eigenvalue weighted by atomic mass is 35.5. The molecule has 1 N–H and O–H groups in total. The molecule has 0 aromatic heterocycles. The Hall–Kier alpha value is -2.73. The summed E-state index contributed by atoms with van der Waals surface area (Å²) in [5.41, 5.74) is 1.61. The minimum Gasteiger partial charge on any atom is -0.457 e. The van der Waals surface area contributed by atoms with E-state index in [0.29, 0.717) is 22.6 Å². The summed E-state index contributed by atoms with van der Waals surface area (Å²) in [6.45, 7) is 1.48. The van der Waals surface area contributed by atoms with Crippen LogP contribution in [-0.4, -0.2) is 18.0 Å².